The van der Waals surface area contributed by atoms with Gasteiger partial charge in [0.1, 0.15) is 24.4 Å². The molecule has 0 bridgehead atoms. The molecular weight excluding hydrogens is 1090 g/mol. The Labute approximate surface area is 536 Å². The maximum Gasteiger partial charge on any atom is 0.306 e. The average Bonchev–Trinajstić information content (AvgIpc) is 1.53. The van der Waals surface area contributed by atoms with Crippen LogP contribution in [0.4, 0.5) is 0 Å². The zero-order valence-electron chi connectivity index (χ0n) is 57.2. The molecule has 0 aromatic rings. The fraction of sp³-hybridized carbons (Fsp3) is 0.895. The van der Waals surface area contributed by atoms with Gasteiger partial charge in [-0.05, 0) is 77.0 Å². The van der Waals surface area contributed by atoms with Gasteiger partial charge in [-0.2, -0.15) is 0 Å². The lowest BCUT2D eigenvalue weighted by Crippen LogP contribution is -2.61. The van der Waals surface area contributed by atoms with Crippen molar-refractivity contribution in [1.29, 1.82) is 0 Å². The van der Waals surface area contributed by atoms with E-state index >= 15 is 0 Å². The normalized spacial score (nSPS) is 18.4. The van der Waals surface area contributed by atoms with Crippen LogP contribution in [0.25, 0.3) is 0 Å². The number of rotatable bonds is 66. The van der Waals surface area contributed by atoms with Crippen LogP contribution >= 0.6 is 0 Å². The lowest BCUT2D eigenvalue weighted by Gasteiger charge is -2.41. The van der Waals surface area contributed by atoms with E-state index < -0.39 is 67.4 Å². The average molecular weight is 1230 g/mol. The molecule has 1 rings (SSSR count). The van der Waals surface area contributed by atoms with Gasteiger partial charge < -0.3 is 45.1 Å². The van der Waals surface area contributed by atoms with E-state index in [-0.39, 0.29) is 13.0 Å². The molecule has 87 heavy (non-hydrogen) atoms. The quantitative estimate of drug-likeness (QED) is 0.0195. The summed E-state index contributed by atoms with van der Waals surface area (Å²) in [5.41, 5.74) is 0. The number of nitrogens with one attached hydrogen (secondary N) is 1. The molecular formula is C76H143NO10. The second-order valence-electron chi connectivity index (χ2n) is 26.4. The molecule has 1 aliphatic heterocycles. The first-order chi connectivity index (χ1) is 42.7. The number of esters is 1. The molecule has 6 N–H and O–H groups in total. The van der Waals surface area contributed by atoms with Gasteiger partial charge in [0.25, 0.3) is 0 Å². The molecule has 1 heterocycles. The van der Waals surface area contributed by atoms with Crippen molar-refractivity contribution < 1.29 is 49.3 Å². The summed E-state index contributed by atoms with van der Waals surface area (Å²) in [6, 6.07) is -1.02. The van der Waals surface area contributed by atoms with Crippen LogP contribution in [0.15, 0.2) is 36.5 Å². The van der Waals surface area contributed by atoms with Gasteiger partial charge in [0.15, 0.2) is 12.4 Å². The Hall–Kier alpha value is -2.12. The van der Waals surface area contributed by atoms with Crippen molar-refractivity contribution in [2.45, 2.75) is 423 Å². The van der Waals surface area contributed by atoms with E-state index in [2.05, 4.69) is 50.4 Å². The Kier molecular flexibility index (Phi) is 61.0. The Morgan fingerprint density at radius 3 is 1.11 bits per heavy atom. The highest BCUT2D eigenvalue weighted by Gasteiger charge is 2.47. The number of hydrogen-bond donors (Lipinski definition) is 6. The number of allylic oxidation sites excluding steroid dienone is 5. The van der Waals surface area contributed by atoms with Crippen molar-refractivity contribution >= 4 is 11.9 Å². The summed E-state index contributed by atoms with van der Waals surface area (Å²) < 4.78 is 17.7. The van der Waals surface area contributed by atoms with Crippen LogP contribution in [0.1, 0.15) is 374 Å². The Morgan fingerprint density at radius 1 is 0.437 bits per heavy atom. The van der Waals surface area contributed by atoms with Crippen LogP contribution < -0.4 is 5.32 Å². The summed E-state index contributed by atoms with van der Waals surface area (Å²) in [6.45, 7) is 5.85. The van der Waals surface area contributed by atoms with E-state index in [1.807, 2.05) is 6.08 Å². The van der Waals surface area contributed by atoms with Crippen LogP contribution in [-0.4, -0.2) is 99.6 Å². The van der Waals surface area contributed by atoms with Gasteiger partial charge >= 0.3 is 5.97 Å². The molecule has 1 amide bonds. The highest BCUT2D eigenvalue weighted by Crippen LogP contribution is 2.27. The summed E-state index contributed by atoms with van der Waals surface area (Å²) in [4.78, 5) is 26.7. The molecule has 11 nitrogen and oxygen atoms in total. The van der Waals surface area contributed by atoms with Gasteiger partial charge in [-0.15, -0.1) is 0 Å². The summed E-state index contributed by atoms with van der Waals surface area (Å²) in [5, 5.41) is 57.4. The molecule has 512 valence electrons. The number of hydrogen-bond acceptors (Lipinski definition) is 10. The standard InChI is InChI=1S/C76H143NO10/c1-4-7-10-13-16-19-22-25-27-29-31-33-34-35-37-38-40-42-45-48-51-54-57-60-63-69(80)75(84)77-67(68(79)62-59-56-53-50-47-44-24-21-18-15-12-9-6-3)66-85-76-74(73(83)72(82)70(65-78)86-76)87-71(81)64-61-58-55-52-49-46-43-41-39-36-32-30-28-26-23-20-17-14-11-8-5-2/h25-28,59,62,67-70,72-74,76,78-80,82-83H,4-24,29-58,60-61,63-66H2,1-3H3,(H,77,84)/b27-25+,28-26+,62-59+. The predicted octanol–water partition coefficient (Wildman–Crippen LogP) is 19.7. The number of unbranched alkanes of at least 4 members (excludes halogenated alkanes) is 48. The minimum atomic E-state index is -1.61. The molecule has 8 atom stereocenters. The van der Waals surface area contributed by atoms with E-state index in [0.717, 1.165) is 57.8 Å². The lowest BCUT2D eigenvalue weighted by molar-refractivity contribution is -0.305. The number of amides is 1. The Balaban J connectivity index is 2.55. The first-order valence-corrected chi connectivity index (χ1v) is 37.8. The highest BCUT2D eigenvalue weighted by atomic mass is 16.7. The molecule has 0 aromatic heterocycles. The predicted molar refractivity (Wildman–Crippen MR) is 366 cm³/mol. The molecule has 0 saturated carbocycles. The van der Waals surface area contributed by atoms with Gasteiger partial charge in [-0.1, -0.05) is 327 Å². The van der Waals surface area contributed by atoms with Crippen molar-refractivity contribution in [2.24, 2.45) is 0 Å². The Morgan fingerprint density at radius 2 is 0.759 bits per heavy atom. The fourth-order valence-electron chi connectivity index (χ4n) is 12.1. The molecule has 0 aromatic carbocycles. The van der Waals surface area contributed by atoms with Crippen molar-refractivity contribution in [3.8, 4) is 0 Å². The van der Waals surface area contributed by atoms with Crippen molar-refractivity contribution in [3.05, 3.63) is 36.5 Å². The van der Waals surface area contributed by atoms with Crippen molar-refractivity contribution in [3.63, 3.8) is 0 Å². The van der Waals surface area contributed by atoms with Gasteiger partial charge in [0.05, 0.1) is 25.4 Å². The molecule has 1 saturated heterocycles. The maximum atomic E-state index is 13.5. The SMILES string of the molecule is CCCCCCCC/C=C/CCCCCCCCCCCCCCCCC(O)C(=O)NC(COC1OC(CO)C(O)C(O)C1OC(=O)CCCCCCCCCCCCC/C=C/CCCCCCCC)C(O)/C=C/CCCCCCCCCCCCC. The number of aliphatic hydroxyl groups is 5. The van der Waals surface area contributed by atoms with Crippen LogP contribution in [0.5, 0.6) is 0 Å². The van der Waals surface area contributed by atoms with Gasteiger partial charge in [0, 0.05) is 6.42 Å². The molecule has 0 aliphatic carbocycles. The number of carbonyl (C=O) groups is 2. The number of aliphatic hydroxyl groups excluding tert-OH is 5. The second kappa shape index (κ2) is 64.0. The van der Waals surface area contributed by atoms with E-state index in [1.165, 1.54) is 270 Å². The molecule has 0 radical (unpaired) electrons. The van der Waals surface area contributed by atoms with Crippen LogP contribution in [0, 0.1) is 0 Å². The molecule has 1 aliphatic rings. The van der Waals surface area contributed by atoms with Crippen LogP contribution in [-0.2, 0) is 23.8 Å². The van der Waals surface area contributed by atoms with Crippen LogP contribution in [0.2, 0.25) is 0 Å². The smallest absolute Gasteiger partial charge is 0.306 e. The molecule has 11 heteroatoms. The third-order valence-electron chi connectivity index (χ3n) is 18.0. The first kappa shape index (κ1) is 82.9. The first-order valence-electron chi connectivity index (χ1n) is 37.8. The van der Waals surface area contributed by atoms with E-state index in [0.29, 0.717) is 19.3 Å². The van der Waals surface area contributed by atoms with Gasteiger partial charge in [-0.25, -0.2) is 0 Å². The second-order valence-corrected chi connectivity index (χ2v) is 26.4. The lowest BCUT2D eigenvalue weighted by atomic mass is 9.99. The van der Waals surface area contributed by atoms with E-state index in [1.54, 1.807) is 6.08 Å². The summed E-state index contributed by atoms with van der Waals surface area (Å²) in [7, 11) is 0. The minimum absolute atomic E-state index is 0.126. The number of carbonyl (C=O) groups excluding carboxylic acids is 2. The van der Waals surface area contributed by atoms with Crippen LogP contribution in [0.3, 0.4) is 0 Å². The molecule has 0 spiro atoms. The number of ether oxygens (including phenoxy) is 3. The minimum Gasteiger partial charge on any atom is -0.454 e. The Bertz CT molecular complexity index is 1560. The zero-order chi connectivity index (χ0) is 63.1. The van der Waals surface area contributed by atoms with Gasteiger partial charge in [0.2, 0.25) is 5.91 Å². The van der Waals surface area contributed by atoms with Crippen molar-refractivity contribution in [1.82, 2.24) is 5.32 Å². The van der Waals surface area contributed by atoms with Crippen molar-refractivity contribution in [2.75, 3.05) is 13.2 Å². The topological polar surface area (TPSA) is 175 Å². The summed E-state index contributed by atoms with van der Waals surface area (Å²) in [6.07, 6.45) is 69.0. The summed E-state index contributed by atoms with van der Waals surface area (Å²) >= 11 is 0. The molecule has 8 unspecified atom stereocenters. The van der Waals surface area contributed by atoms with E-state index in [9.17, 15) is 35.1 Å². The maximum absolute atomic E-state index is 13.5. The fourth-order valence-corrected chi connectivity index (χ4v) is 12.1. The zero-order valence-corrected chi connectivity index (χ0v) is 57.2. The largest absolute Gasteiger partial charge is 0.454 e. The third kappa shape index (κ3) is 51.1. The van der Waals surface area contributed by atoms with E-state index in [4.69, 9.17) is 14.2 Å². The monoisotopic (exact) mass is 1230 g/mol. The third-order valence-corrected chi connectivity index (χ3v) is 18.0. The van der Waals surface area contributed by atoms with Gasteiger partial charge in [-0.3, -0.25) is 9.59 Å². The molecule has 1 fully saturated rings. The summed E-state index contributed by atoms with van der Waals surface area (Å²) in [5.74, 6) is -1.18. The highest BCUT2D eigenvalue weighted by molar-refractivity contribution is 5.80.